The second kappa shape index (κ2) is 6.35. The molecule has 0 aromatic heterocycles. The summed E-state index contributed by atoms with van der Waals surface area (Å²) in [5, 5.41) is 3.45. The summed E-state index contributed by atoms with van der Waals surface area (Å²) in [7, 11) is 0. The molecule has 100 valence electrons. The Kier molecular flexibility index (Phi) is 4.79. The molecule has 18 heavy (non-hydrogen) atoms. The first-order chi connectivity index (χ1) is 8.74. The van der Waals surface area contributed by atoms with E-state index in [0.717, 1.165) is 13.1 Å². The molecule has 0 saturated carbocycles. The van der Waals surface area contributed by atoms with Crippen LogP contribution in [0.3, 0.4) is 0 Å². The SMILES string of the molecule is CCC(C)[C@@H](c1ccccc1C)N1CCNCC1. The number of nitrogens with one attached hydrogen (secondary N) is 1. The predicted octanol–water partition coefficient (Wildman–Crippen LogP) is 2.99. The maximum atomic E-state index is 3.45. The highest BCUT2D eigenvalue weighted by Crippen LogP contribution is 2.32. The highest BCUT2D eigenvalue weighted by molar-refractivity contribution is 5.29. The van der Waals surface area contributed by atoms with E-state index in [1.54, 1.807) is 0 Å². The van der Waals surface area contributed by atoms with Gasteiger partial charge in [-0.2, -0.15) is 0 Å². The van der Waals surface area contributed by atoms with Gasteiger partial charge in [-0.25, -0.2) is 0 Å². The minimum Gasteiger partial charge on any atom is -0.314 e. The van der Waals surface area contributed by atoms with Crippen LogP contribution in [0.5, 0.6) is 0 Å². The van der Waals surface area contributed by atoms with Gasteiger partial charge >= 0.3 is 0 Å². The summed E-state index contributed by atoms with van der Waals surface area (Å²) in [4.78, 5) is 2.66. The van der Waals surface area contributed by atoms with Crippen molar-refractivity contribution in [2.75, 3.05) is 26.2 Å². The van der Waals surface area contributed by atoms with Crippen molar-refractivity contribution in [3.63, 3.8) is 0 Å². The van der Waals surface area contributed by atoms with Crippen molar-refractivity contribution in [3.05, 3.63) is 35.4 Å². The normalized spacial score (nSPS) is 20.6. The Morgan fingerprint density at radius 1 is 1.22 bits per heavy atom. The van der Waals surface area contributed by atoms with Crippen LogP contribution in [0.1, 0.15) is 37.4 Å². The Balaban J connectivity index is 2.27. The monoisotopic (exact) mass is 246 g/mol. The van der Waals surface area contributed by atoms with Gasteiger partial charge in [-0.1, -0.05) is 44.5 Å². The lowest BCUT2D eigenvalue weighted by Gasteiger charge is -2.39. The fourth-order valence-electron chi connectivity index (χ4n) is 2.97. The van der Waals surface area contributed by atoms with Crippen LogP contribution in [0.2, 0.25) is 0 Å². The number of aryl methyl sites for hydroxylation is 1. The first kappa shape index (κ1) is 13.6. The molecule has 1 aliphatic heterocycles. The molecule has 1 N–H and O–H groups in total. The Bertz CT molecular complexity index is 369. The molecule has 0 aliphatic carbocycles. The molecule has 2 nitrogen and oxygen atoms in total. The molecule has 1 aliphatic rings. The van der Waals surface area contributed by atoms with E-state index < -0.39 is 0 Å². The van der Waals surface area contributed by atoms with Gasteiger partial charge < -0.3 is 5.32 Å². The number of rotatable bonds is 4. The molecular weight excluding hydrogens is 220 g/mol. The molecule has 0 spiro atoms. The molecule has 1 aromatic rings. The van der Waals surface area contributed by atoms with Crippen LogP contribution in [-0.4, -0.2) is 31.1 Å². The lowest BCUT2D eigenvalue weighted by molar-refractivity contribution is 0.128. The predicted molar refractivity (Wildman–Crippen MR) is 77.8 cm³/mol. The molecule has 1 heterocycles. The van der Waals surface area contributed by atoms with Crippen LogP contribution in [0, 0.1) is 12.8 Å². The van der Waals surface area contributed by atoms with Crippen LogP contribution >= 0.6 is 0 Å². The molecule has 2 atom stereocenters. The average Bonchev–Trinajstić information content (AvgIpc) is 2.42. The fourth-order valence-corrected chi connectivity index (χ4v) is 2.97. The van der Waals surface area contributed by atoms with E-state index in [4.69, 9.17) is 0 Å². The summed E-state index contributed by atoms with van der Waals surface area (Å²) in [6.45, 7) is 11.5. The summed E-state index contributed by atoms with van der Waals surface area (Å²) in [6.07, 6.45) is 1.24. The molecule has 1 fully saturated rings. The first-order valence-corrected chi connectivity index (χ1v) is 7.24. The number of nitrogens with zero attached hydrogens (tertiary/aromatic N) is 1. The summed E-state index contributed by atoms with van der Waals surface area (Å²) in [6, 6.07) is 9.46. The van der Waals surface area contributed by atoms with Crippen LogP contribution in [0.15, 0.2) is 24.3 Å². The van der Waals surface area contributed by atoms with Gasteiger partial charge in [0.25, 0.3) is 0 Å². The topological polar surface area (TPSA) is 15.3 Å². The van der Waals surface area contributed by atoms with Crippen LogP contribution in [0.25, 0.3) is 0 Å². The van der Waals surface area contributed by atoms with Gasteiger partial charge in [0.1, 0.15) is 0 Å². The average molecular weight is 246 g/mol. The van der Waals surface area contributed by atoms with Gasteiger partial charge in [-0.05, 0) is 24.0 Å². The lowest BCUT2D eigenvalue weighted by Crippen LogP contribution is -2.46. The van der Waals surface area contributed by atoms with Crippen molar-refractivity contribution >= 4 is 0 Å². The van der Waals surface area contributed by atoms with E-state index in [1.807, 2.05) is 0 Å². The number of hydrogen-bond acceptors (Lipinski definition) is 2. The van der Waals surface area contributed by atoms with Crippen molar-refractivity contribution in [2.24, 2.45) is 5.92 Å². The molecule has 0 amide bonds. The summed E-state index contributed by atoms with van der Waals surface area (Å²) in [5.74, 6) is 0.712. The molecule has 1 aromatic carbocycles. The van der Waals surface area contributed by atoms with Crippen LogP contribution in [0.4, 0.5) is 0 Å². The lowest BCUT2D eigenvalue weighted by atomic mass is 9.88. The third-order valence-corrected chi connectivity index (χ3v) is 4.24. The highest BCUT2D eigenvalue weighted by Gasteiger charge is 2.27. The standard InChI is InChI=1S/C16H26N2/c1-4-13(2)16(18-11-9-17-10-12-18)15-8-6-5-7-14(15)3/h5-8,13,16-17H,4,9-12H2,1-3H3/t13?,16-/m0/s1. The van der Waals surface area contributed by atoms with E-state index >= 15 is 0 Å². The zero-order chi connectivity index (χ0) is 13.0. The van der Waals surface area contributed by atoms with Crippen molar-refractivity contribution < 1.29 is 0 Å². The maximum Gasteiger partial charge on any atom is 0.0377 e. The minimum absolute atomic E-state index is 0.582. The van der Waals surface area contributed by atoms with E-state index in [9.17, 15) is 0 Å². The smallest absolute Gasteiger partial charge is 0.0377 e. The molecule has 2 rings (SSSR count). The molecule has 2 heteroatoms. The van der Waals surface area contributed by atoms with Crippen LogP contribution < -0.4 is 5.32 Å². The summed E-state index contributed by atoms with van der Waals surface area (Å²) in [5.41, 5.74) is 2.95. The first-order valence-electron chi connectivity index (χ1n) is 7.24. The number of benzene rings is 1. The highest BCUT2D eigenvalue weighted by atomic mass is 15.2. The van der Waals surface area contributed by atoms with Crippen LogP contribution in [-0.2, 0) is 0 Å². The second-order valence-corrected chi connectivity index (χ2v) is 5.47. The van der Waals surface area contributed by atoms with Crippen molar-refractivity contribution in [1.82, 2.24) is 10.2 Å². The zero-order valence-corrected chi connectivity index (χ0v) is 11.9. The third kappa shape index (κ3) is 2.93. The van der Waals surface area contributed by atoms with Gasteiger partial charge in [0.15, 0.2) is 0 Å². The zero-order valence-electron chi connectivity index (χ0n) is 11.9. The molecule has 1 saturated heterocycles. The van der Waals surface area contributed by atoms with Gasteiger partial charge in [0.2, 0.25) is 0 Å². The van der Waals surface area contributed by atoms with E-state index in [0.29, 0.717) is 12.0 Å². The fraction of sp³-hybridized carbons (Fsp3) is 0.625. The Morgan fingerprint density at radius 2 is 1.89 bits per heavy atom. The van der Waals surface area contributed by atoms with Gasteiger partial charge in [0.05, 0.1) is 0 Å². The summed E-state index contributed by atoms with van der Waals surface area (Å²) >= 11 is 0. The van der Waals surface area contributed by atoms with E-state index in [1.165, 1.54) is 30.6 Å². The second-order valence-electron chi connectivity index (χ2n) is 5.47. The molecule has 0 bridgehead atoms. The molecule has 0 radical (unpaired) electrons. The van der Waals surface area contributed by atoms with E-state index in [2.05, 4.69) is 55.3 Å². The van der Waals surface area contributed by atoms with E-state index in [-0.39, 0.29) is 0 Å². The third-order valence-electron chi connectivity index (χ3n) is 4.24. The quantitative estimate of drug-likeness (QED) is 0.878. The van der Waals surface area contributed by atoms with Gasteiger partial charge in [0, 0.05) is 32.2 Å². The van der Waals surface area contributed by atoms with Crippen molar-refractivity contribution in [3.8, 4) is 0 Å². The Labute approximate surface area is 111 Å². The largest absolute Gasteiger partial charge is 0.314 e. The maximum absolute atomic E-state index is 3.45. The van der Waals surface area contributed by atoms with Crippen molar-refractivity contribution in [2.45, 2.75) is 33.2 Å². The Morgan fingerprint density at radius 3 is 2.50 bits per heavy atom. The van der Waals surface area contributed by atoms with Gasteiger partial charge in [-0.3, -0.25) is 4.90 Å². The number of hydrogen-bond donors (Lipinski definition) is 1. The van der Waals surface area contributed by atoms with Gasteiger partial charge in [-0.15, -0.1) is 0 Å². The minimum atomic E-state index is 0.582. The number of piperazine rings is 1. The Hall–Kier alpha value is -0.860. The van der Waals surface area contributed by atoms with Crippen molar-refractivity contribution in [1.29, 1.82) is 0 Å². The molecular formula is C16H26N2. The molecule has 1 unspecified atom stereocenters. The summed E-state index contributed by atoms with van der Waals surface area (Å²) < 4.78 is 0.